The van der Waals surface area contributed by atoms with Crippen LogP contribution in [-0.4, -0.2) is 23.4 Å². The van der Waals surface area contributed by atoms with Gasteiger partial charge in [-0.15, -0.1) is 0 Å². The highest BCUT2D eigenvalue weighted by Crippen LogP contribution is 2.27. The van der Waals surface area contributed by atoms with Crippen LogP contribution < -0.4 is 15.6 Å². The summed E-state index contributed by atoms with van der Waals surface area (Å²) in [5.74, 6) is 0.00731. The number of hydrogen-bond donors (Lipinski definition) is 2. The summed E-state index contributed by atoms with van der Waals surface area (Å²) in [5.41, 5.74) is 7.74. The van der Waals surface area contributed by atoms with Crippen molar-refractivity contribution in [2.24, 2.45) is 0 Å². The number of carbonyl (C=O) groups excluding carboxylic acids is 2. The Morgan fingerprint density at radius 1 is 1.04 bits per heavy atom. The zero-order valence-electron chi connectivity index (χ0n) is 16.2. The van der Waals surface area contributed by atoms with Crippen molar-refractivity contribution in [3.8, 4) is 5.75 Å². The van der Waals surface area contributed by atoms with E-state index in [4.69, 9.17) is 4.74 Å². The fourth-order valence-corrected chi connectivity index (χ4v) is 2.81. The van der Waals surface area contributed by atoms with Gasteiger partial charge in [-0.25, -0.2) is 4.98 Å². The molecule has 2 amide bonds. The number of carbonyl (C=O) groups is 2. The van der Waals surface area contributed by atoms with Crippen LogP contribution in [0.25, 0.3) is 10.9 Å². The van der Waals surface area contributed by atoms with Crippen LogP contribution in [0.15, 0.2) is 54.6 Å². The quantitative estimate of drug-likeness (QED) is 0.667. The average Bonchev–Trinajstić information content (AvgIpc) is 2.69. The molecule has 0 fully saturated rings. The number of benzene rings is 2. The molecular weight excluding hydrogens is 354 g/mol. The van der Waals surface area contributed by atoms with Crippen LogP contribution in [0.2, 0.25) is 0 Å². The molecule has 0 unspecified atom stereocenters. The minimum absolute atomic E-state index is 0.200. The first kappa shape index (κ1) is 19.4. The Labute approximate surface area is 163 Å². The number of amides is 2. The summed E-state index contributed by atoms with van der Waals surface area (Å²) >= 11 is 0. The van der Waals surface area contributed by atoms with E-state index in [-0.39, 0.29) is 18.2 Å². The fraction of sp³-hybridized carbons (Fsp3) is 0.227. The van der Waals surface area contributed by atoms with Crippen molar-refractivity contribution in [1.29, 1.82) is 0 Å². The molecule has 3 aromatic rings. The van der Waals surface area contributed by atoms with Gasteiger partial charge in [0.25, 0.3) is 11.8 Å². The summed E-state index contributed by atoms with van der Waals surface area (Å²) in [5, 5.41) is 0.940. The molecule has 0 atom stereocenters. The summed E-state index contributed by atoms with van der Waals surface area (Å²) in [6.07, 6.45) is 0. The van der Waals surface area contributed by atoms with E-state index in [1.165, 1.54) is 0 Å². The third kappa shape index (κ3) is 4.65. The molecule has 2 N–H and O–H groups in total. The van der Waals surface area contributed by atoms with Gasteiger partial charge in [-0.1, -0.05) is 50.2 Å². The number of ether oxygens (including phenoxy) is 1. The van der Waals surface area contributed by atoms with E-state index in [1.807, 2.05) is 55.5 Å². The second kappa shape index (κ2) is 8.52. The summed E-state index contributed by atoms with van der Waals surface area (Å²) in [6.45, 7) is 5.89. The van der Waals surface area contributed by atoms with Crippen LogP contribution in [0.5, 0.6) is 5.75 Å². The lowest BCUT2D eigenvalue weighted by molar-refractivity contribution is -0.123. The molecule has 0 spiro atoms. The monoisotopic (exact) mass is 377 g/mol. The second-order valence-electron chi connectivity index (χ2n) is 6.88. The summed E-state index contributed by atoms with van der Waals surface area (Å²) in [6, 6.07) is 16.8. The average molecular weight is 377 g/mol. The first-order valence-electron chi connectivity index (χ1n) is 9.12. The van der Waals surface area contributed by atoms with E-state index < -0.39 is 11.8 Å². The van der Waals surface area contributed by atoms with Crippen molar-refractivity contribution in [1.82, 2.24) is 15.8 Å². The molecule has 3 rings (SSSR count). The van der Waals surface area contributed by atoms with E-state index in [0.29, 0.717) is 11.3 Å². The Hall–Kier alpha value is -3.41. The Balaban J connectivity index is 1.57. The molecule has 2 aromatic carbocycles. The number of para-hydroxylation sites is 1. The van der Waals surface area contributed by atoms with E-state index >= 15 is 0 Å². The van der Waals surface area contributed by atoms with Crippen molar-refractivity contribution in [2.75, 3.05) is 6.61 Å². The third-order valence-electron chi connectivity index (χ3n) is 4.30. The maximum atomic E-state index is 12.2. The molecule has 0 aliphatic heterocycles. The van der Waals surface area contributed by atoms with Gasteiger partial charge >= 0.3 is 0 Å². The maximum Gasteiger partial charge on any atom is 0.288 e. The van der Waals surface area contributed by atoms with Crippen molar-refractivity contribution < 1.29 is 14.3 Å². The van der Waals surface area contributed by atoms with E-state index in [2.05, 4.69) is 29.7 Å². The second-order valence-corrected chi connectivity index (χ2v) is 6.88. The minimum atomic E-state index is -0.488. The predicted octanol–water partition coefficient (Wildman–Crippen LogP) is 3.51. The van der Waals surface area contributed by atoms with E-state index in [0.717, 1.165) is 16.5 Å². The molecule has 0 radical (unpaired) electrons. The molecule has 1 heterocycles. The first-order valence-corrected chi connectivity index (χ1v) is 9.12. The van der Waals surface area contributed by atoms with Crippen LogP contribution >= 0.6 is 0 Å². The molecular formula is C22H23N3O3. The van der Waals surface area contributed by atoms with Crippen LogP contribution in [0.4, 0.5) is 0 Å². The highest BCUT2D eigenvalue weighted by molar-refractivity contribution is 5.95. The minimum Gasteiger partial charge on any atom is -0.483 e. The van der Waals surface area contributed by atoms with Crippen molar-refractivity contribution in [3.05, 3.63) is 71.4 Å². The standard InChI is InChI=1S/C22H23N3O3/c1-14(2)17-10-8-15(3)12-20(17)28-13-21(26)24-25-22(27)19-11-9-16-6-4-5-7-18(16)23-19/h4-12,14H,13H2,1-3H3,(H,24,26)(H,25,27). The van der Waals surface area contributed by atoms with Gasteiger partial charge in [0.1, 0.15) is 11.4 Å². The van der Waals surface area contributed by atoms with Gasteiger partial charge in [0.15, 0.2) is 6.61 Å². The van der Waals surface area contributed by atoms with Gasteiger partial charge in [-0.3, -0.25) is 20.4 Å². The lowest BCUT2D eigenvalue weighted by Crippen LogP contribution is -2.44. The van der Waals surface area contributed by atoms with Gasteiger partial charge in [0.05, 0.1) is 5.52 Å². The van der Waals surface area contributed by atoms with Crippen molar-refractivity contribution in [2.45, 2.75) is 26.7 Å². The summed E-state index contributed by atoms with van der Waals surface area (Å²) in [7, 11) is 0. The topological polar surface area (TPSA) is 80.3 Å². The Bertz CT molecular complexity index is 1010. The SMILES string of the molecule is Cc1ccc(C(C)C)c(OCC(=O)NNC(=O)c2ccc3ccccc3n2)c1. The number of nitrogens with zero attached hydrogens (tertiary/aromatic N) is 1. The van der Waals surface area contributed by atoms with Crippen molar-refractivity contribution in [3.63, 3.8) is 0 Å². The molecule has 6 nitrogen and oxygen atoms in total. The number of pyridine rings is 1. The predicted molar refractivity (Wildman–Crippen MR) is 108 cm³/mol. The Kier molecular flexibility index (Phi) is 5.89. The zero-order valence-corrected chi connectivity index (χ0v) is 16.2. The number of aryl methyl sites for hydroxylation is 1. The number of hydrogen-bond acceptors (Lipinski definition) is 4. The zero-order chi connectivity index (χ0) is 20.1. The van der Waals surface area contributed by atoms with Crippen LogP contribution in [-0.2, 0) is 4.79 Å². The molecule has 0 bridgehead atoms. The third-order valence-corrected chi connectivity index (χ3v) is 4.30. The van der Waals surface area contributed by atoms with Gasteiger partial charge in [-0.05, 0) is 42.2 Å². The normalized spacial score (nSPS) is 10.7. The van der Waals surface area contributed by atoms with E-state index in [9.17, 15) is 9.59 Å². The molecule has 6 heteroatoms. The smallest absolute Gasteiger partial charge is 0.288 e. The van der Waals surface area contributed by atoms with Gasteiger partial charge in [0, 0.05) is 5.39 Å². The first-order chi connectivity index (χ1) is 13.4. The number of hydrazine groups is 1. The highest BCUT2D eigenvalue weighted by atomic mass is 16.5. The van der Waals surface area contributed by atoms with Crippen LogP contribution in [0.1, 0.15) is 41.4 Å². The summed E-state index contributed by atoms with van der Waals surface area (Å²) in [4.78, 5) is 28.6. The van der Waals surface area contributed by atoms with Crippen LogP contribution in [0, 0.1) is 6.92 Å². The lowest BCUT2D eigenvalue weighted by atomic mass is 10.0. The Morgan fingerprint density at radius 2 is 1.82 bits per heavy atom. The molecule has 0 saturated heterocycles. The van der Waals surface area contributed by atoms with Gasteiger partial charge in [0.2, 0.25) is 0 Å². The molecule has 28 heavy (non-hydrogen) atoms. The number of nitrogens with one attached hydrogen (secondary N) is 2. The van der Waals surface area contributed by atoms with Crippen LogP contribution in [0.3, 0.4) is 0 Å². The highest BCUT2D eigenvalue weighted by Gasteiger charge is 2.12. The Morgan fingerprint density at radius 3 is 2.61 bits per heavy atom. The molecule has 0 aliphatic rings. The van der Waals surface area contributed by atoms with E-state index in [1.54, 1.807) is 6.07 Å². The molecule has 0 aliphatic carbocycles. The lowest BCUT2D eigenvalue weighted by Gasteiger charge is -2.15. The largest absolute Gasteiger partial charge is 0.483 e. The van der Waals surface area contributed by atoms with Crippen molar-refractivity contribution >= 4 is 22.7 Å². The van der Waals surface area contributed by atoms with Gasteiger partial charge < -0.3 is 4.74 Å². The molecule has 144 valence electrons. The fourth-order valence-electron chi connectivity index (χ4n) is 2.81. The van der Waals surface area contributed by atoms with Gasteiger partial charge in [-0.2, -0.15) is 0 Å². The molecule has 0 saturated carbocycles. The number of fused-ring (bicyclic) bond motifs is 1. The maximum absolute atomic E-state index is 12.2. The summed E-state index contributed by atoms with van der Waals surface area (Å²) < 4.78 is 5.66. The molecule has 1 aromatic heterocycles. The number of aromatic nitrogens is 1. The number of rotatable bonds is 5.